The van der Waals surface area contributed by atoms with Crippen molar-refractivity contribution in [2.75, 3.05) is 13.2 Å². The summed E-state index contributed by atoms with van der Waals surface area (Å²) in [6.45, 7) is 9.64. The van der Waals surface area contributed by atoms with Crippen LogP contribution in [0.1, 0.15) is 47.0 Å². The summed E-state index contributed by atoms with van der Waals surface area (Å²) < 4.78 is 5.44. The molecule has 0 heterocycles. The lowest BCUT2D eigenvalue weighted by atomic mass is 9.79. The Morgan fingerprint density at radius 2 is 2.11 bits per heavy atom. The molecule has 0 bridgehead atoms. The van der Waals surface area contributed by atoms with Crippen molar-refractivity contribution in [1.29, 1.82) is 0 Å². The molecule has 19 heavy (non-hydrogen) atoms. The van der Waals surface area contributed by atoms with Crippen molar-refractivity contribution < 1.29 is 9.53 Å². The maximum absolute atomic E-state index is 12.3. The summed E-state index contributed by atoms with van der Waals surface area (Å²) in [5.41, 5.74) is 6.07. The van der Waals surface area contributed by atoms with Gasteiger partial charge in [0.25, 0.3) is 0 Å². The van der Waals surface area contributed by atoms with Gasteiger partial charge in [-0.25, -0.2) is 0 Å². The summed E-state index contributed by atoms with van der Waals surface area (Å²) in [5, 5.41) is 3.14. The van der Waals surface area contributed by atoms with Crippen LogP contribution in [0.2, 0.25) is 0 Å². The zero-order valence-electron chi connectivity index (χ0n) is 12.8. The van der Waals surface area contributed by atoms with E-state index in [4.69, 9.17) is 10.5 Å². The van der Waals surface area contributed by atoms with E-state index in [1.165, 1.54) is 0 Å². The van der Waals surface area contributed by atoms with E-state index in [1.54, 1.807) is 0 Å². The number of rotatable bonds is 6. The largest absolute Gasteiger partial charge is 0.380 e. The predicted octanol–water partition coefficient (Wildman–Crippen LogP) is 1.93. The molecule has 1 fully saturated rings. The lowest BCUT2D eigenvalue weighted by molar-refractivity contribution is -0.128. The van der Waals surface area contributed by atoms with Crippen LogP contribution in [0.5, 0.6) is 0 Å². The number of ether oxygens (including phenoxy) is 1. The molecule has 4 unspecified atom stereocenters. The minimum Gasteiger partial charge on any atom is -0.380 e. The van der Waals surface area contributed by atoms with E-state index in [-0.39, 0.29) is 23.9 Å². The Morgan fingerprint density at radius 3 is 2.63 bits per heavy atom. The van der Waals surface area contributed by atoms with Gasteiger partial charge < -0.3 is 15.8 Å². The van der Waals surface area contributed by atoms with E-state index in [0.717, 1.165) is 19.3 Å². The van der Waals surface area contributed by atoms with Crippen molar-refractivity contribution in [1.82, 2.24) is 5.32 Å². The zero-order chi connectivity index (χ0) is 14.4. The van der Waals surface area contributed by atoms with Gasteiger partial charge in [-0.05, 0) is 38.0 Å². The summed E-state index contributed by atoms with van der Waals surface area (Å²) in [4.78, 5) is 12.3. The molecular formula is C15H30N2O2. The molecule has 0 saturated heterocycles. The van der Waals surface area contributed by atoms with Crippen LogP contribution in [0.3, 0.4) is 0 Å². The van der Waals surface area contributed by atoms with E-state index >= 15 is 0 Å². The molecule has 3 N–H and O–H groups in total. The number of amides is 1. The molecule has 1 aliphatic carbocycles. The first-order valence-electron chi connectivity index (χ1n) is 7.59. The molecule has 0 aliphatic heterocycles. The molecule has 0 aromatic heterocycles. The van der Waals surface area contributed by atoms with Crippen molar-refractivity contribution in [2.24, 2.45) is 23.5 Å². The van der Waals surface area contributed by atoms with Gasteiger partial charge in [0.1, 0.15) is 0 Å². The number of carbonyl (C=O) groups is 1. The molecule has 1 rings (SSSR count). The Labute approximate surface area is 117 Å². The molecule has 0 aromatic rings. The van der Waals surface area contributed by atoms with Gasteiger partial charge in [0.15, 0.2) is 0 Å². The SMILES string of the molecule is CCOCC(NC(=O)C1CCC(C)C(N)C1)C(C)C. The van der Waals surface area contributed by atoms with E-state index in [0.29, 0.717) is 25.0 Å². The average molecular weight is 270 g/mol. The van der Waals surface area contributed by atoms with Crippen molar-refractivity contribution >= 4 is 5.91 Å². The molecule has 0 spiro atoms. The molecule has 112 valence electrons. The molecule has 0 aromatic carbocycles. The third-order valence-corrected chi connectivity index (χ3v) is 4.26. The molecular weight excluding hydrogens is 240 g/mol. The fraction of sp³-hybridized carbons (Fsp3) is 0.933. The van der Waals surface area contributed by atoms with Gasteiger partial charge in [0.05, 0.1) is 12.6 Å². The summed E-state index contributed by atoms with van der Waals surface area (Å²) in [7, 11) is 0. The van der Waals surface area contributed by atoms with Gasteiger partial charge in [-0.2, -0.15) is 0 Å². The molecule has 4 nitrogen and oxygen atoms in total. The third kappa shape index (κ3) is 5.11. The Kier molecular flexibility index (Phi) is 6.80. The first-order chi connectivity index (χ1) is 8.95. The fourth-order valence-corrected chi connectivity index (χ4v) is 2.54. The van der Waals surface area contributed by atoms with Gasteiger partial charge in [-0.15, -0.1) is 0 Å². The monoisotopic (exact) mass is 270 g/mol. The summed E-state index contributed by atoms with van der Waals surface area (Å²) in [6.07, 6.45) is 2.82. The summed E-state index contributed by atoms with van der Waals surface area (Å²) in [6, 6.07) is 0.261. The molecule has 4 atom stereocenters. The number of hydrogen-bond acceptors (Lipinski definition) is 3. The normalized spacial score (nSPS) is 29.3. The Morgan fingerprint density at radius 1 is 1.42 bits per heavy atom. The Bertz CT molecular complexity index is 281. The third-order valence-electron chi connectivity index (χ3n) is 4.26. The molecule has 1 saturated carbocycles. The first kappa shape index (κ1) is 16.4. The molecule has 1 amide bonds. The summed E-state index contributed by atoms with van der Waals surface area (Å²) in [5.74, 6) is 1.15. The van der Waals surface area contributed by atoms with Crippen LogP contribution in [0.25, 0.3) is 0 Å². The molecule has 4 heteroatoms. The van der Waals surface area contributed by atoms with Gasteiger partial charge >= 0.3 is 0 Å². The maximum atomic E-state index is 12.3. The van der Waals surface area contributed by atoms with Crippen LogP contribution in [-0.4, -0.2) is 31.2 Å². The van der Waals surface area contributed by atoms with Crippen molar-refractivity contribution in [3.05, 3.63) is 0 Å². The van der Waals surface area contributed by atoms with Gasteiger partial charge in [-0.3, -0.25) is 4.79 Å². The molecule has 0 radical (unpaired) electrons. The number of carbonyl (C=O) groups excluding carboxylic acids is 1. The van der Waals surface area contributed by atoms with Crippen LogP contribution in [-0.2, 0) is 9.53 Å². The topological polar surface area (TPSA) is 64.3 Å². The fourth-order valence-electron chi connectivity index (χ4n) is 2.54. The number of hydrogen-bond donors (Lipinski definition) is 2. The Balaban J connectivity index is 2.47. The highest BCUT2D eigenvalue weighted by Gasteiger charge is 2.30. The molecule has 1 aliphatic rings. The van der Waals surface area contributed by atoms with E-state index in [1.807, 2.05) is 6.92 Å². The minimum atomic E-state index is 0.0778. The van der Waals surface area contributed by atoms with Gasteiger partial charge in [-0.1, -0.05) is 20.8 Å². The zero-order valence-corrected chi connectivity index (χ0v) is 12.8. The van der Waals surface area contributed by atoms with Crippen LogP contribution >= 0.6 is 0 Å². The lowest BCUT2D eigenvalue weighted by Crippen LogP contribution is -2.47. The van der Waals surface area contributed by atoms with Crippen LogP contribution < -0.4 is 11.1 Å². The smallest absolute Gasteiger partial charge is 0.223 e. The second-order valence-corrected chi connectivity index (χ2v) is 6.17. The van der Waals surface area contributed by atoms with Crippen LogP contribution in [0, 0.1) is 17.8 Å². The number of nitrogens with one attached hydrogen (secondary N) is 1. The van der Waals surface area contributed by atoms with Crippen molar-refractivity contribution in [3.8, 4) is 0 Å². The standard InChI is InChI=1S/C15H30N2O2/c1-5-19-9-14(10(2)3)17-15(18)12-7-6-11(4)13(16)8-12/h10-14H,5-9,16H2,1-4H3,(H,17,18). The first-order valence-corrected chi connectivity index (χ1v) is 7.59. The van der Waals surface area contributed by atoms with E-state index < -0.39 is 0 Å². The maximum Gasteiger partial charge on any atom is 0.223 e. The van der Waals surface area contributed by atoms with E-state index in [9.17, 15) is 4.79 Å². The minimum absolute atomic E-state index is 0.0778. The second kappa shape index (κ2) is 7.85. The van der Waals surface area contributed by atoms with Crippen molar-refractivity contribution in [3.63, 3.8) is 0 Å². The lowest BCUT2D eigenvalue weighted by Gasteiger charge is -2.32. The van der Waals surface area contributed by atoms with Crippen molar-refractivity contribution in [2.45, 2.75) is 59.0 Å². The van der Waals surface area contributed by atoms with Crippen LogP contribution in [0.15, 0.2) is 0 Å². The van der Waals surface area contributed by atoms with E-state index in [2.05, 4.69) is 26.1 Å². The predicted molar refractivity (Wildman–Crippen MR) is 77.7 cm³/mol. The summed E-state index contributed by atoms with van der Waals surface area (Å²) >= 11 is 0. The van der Waals surface area contributed by atoms with Gasteiger partial charge in [0, 0.05) is 18.6 Å². The number of nitrogens with two attached hydrogens (primary N) is 1. The highest BCUT2D eigenvalue weighted by molar-refractivity contribution is 5.79. The average Bonchev–Trinajstić information content (AvgIpc) is 2.37. The Hall–Kier alpha value is -0.610. The van der Waals surface area contributed by atoms with Gasteiger partial charge in [0.2, 0.25) is 5.91 Å². The second-order valence-electron chi connectivity index (χ2n) is 6.17. The highest BCUT2D eigenvalue weighted by Crippen LogP contribution is 2.27. The quantitative estimate of drug-likeness (QED) is 0.775. The highest BCUT2D eigenvalue weighted by atomic mass is 16.5. The van der Waals surface area contributed by atoms with Crippen LogP contribution in [0.4, 0.5) is 0 Å².